The molecule has 5 heteroatoms. The molecule has 0 aromatic carbocycles. The van der Waals surface area contributed by atoms with E-state index in [4.69, 9.17) is 4.74 Å². The van der Waals surface area contributed by atoms with Crippen LogP contribution >= 0.6 is 0 Å². The third-order valence-corrected chi connectivity index (χ3v) is 10.4. The van der Waals surface area contributed by atoms with Crippen LogP contribution in [0.25, 0.3) is 5.57 Å². The fraction of sp³-hybridized carbons (Fsp3) is 0.656. The highest BCUT2D eigenvalue weighted by Gasteiger charge is 2.57. The Morgan fingerprint density at radius 3 is 2.51 bits per heavy atom. The lowest BCUT2D eigenvalue weighted by atomic mass is 9.47. The Morgan fingerprint density at radius 2 is 1.76 bits per heavy atom. The van der Waals surface area contributed by atoms with Gasteiger partial charge in [-0.15, -0.1) is 0 Å². The van der Waals surface area contributed by atoms with Crippen LogP contribution in [-0.2, 0) is 19.1 Å². The van der Waals surface area contributed by atoms with Crippen LogP contribution in [0.4, 0.5) is 0 Å². The zero-order chi connectivity index (χ0) is 26.0. The average Bonchev–Trinajstić information content (AvgIpc) is 3.26. The molecule has 1 aromatic rings. The van der Waals surface area contributed by atoms with Gasteiger partial charge < -0.3 is 9.47 Å². The number of esters is 2. The Morgan fingerprint density at radius 1 is 0.973 bits per heavy atom. The van der Waals surface area contributed by atoms with Gasteiger partial charge in [-0.2, -0.15) is 0 Å². The number of carbonyl (C=O) groups is 2. The number of aromatic nitrogens is 1. The molecule has 0 bridgehead atoms. The molecule has 0 spiro atoms. The molecule has 37 heavy (non-hydrogen) atoms. The lowest BCUT2D eigenvalue weighted by Crippen LogP contribution is -2.50. The quantitative estimate of drug-likeness (QED) is 0.215. The molecular weight excluding hydrogens is 462 g/mol. The summed E-state index contributed by atoms with van der Waals surface area (Å²) in [6.07, 6.45) is 20.0. The molecule has 5 nitrogen and oxygen atoms in total. The summed E-state index contributed by atoms with van der Waals surface area (Å²) in [5, 5.41) is 0. The Labute approximate surface area is 222 Å². The fourth-order valence-electron chi connectivity index (χ4n) is 8.33. The maximum absolute atomic E-state index is 12.5. The standard InChI is InChI=1S/C32H43NO4/c1-31-17-15-24(37-30(35)10-6-4-5-9-29(34)36-3)20-23(31)11-12-25-27-14-13-26(22-8-7-19-33-21-22)32(27,2)18-16-28(25)31/h7-8,11,13,19,21,24-25,27-28H,4-6,9-10,12,14-18,20H2,1-3H3/t24-,25?,27?,28?,31-,32+/m0/s1. The highest BCUT2D eigenvalue weighted by Crippen LogP contribution is 2.66. The van der Waals surface area contributed by atoms with Crippen molar-refractivity contribution in [1.29, 1.82) is 0 Å². The van der Waals surface area contributed by atoms with Crippen molar-refractivity contribution in [3.63, 3.8) is 0 Å². The van der Waals surface area contributed by atoms with Crippen molar-refractivity contribution in [1.82, 2.24) is 4.98 Å². The average molecular weight is 506 g/mol. The maximum Gasteiger partial charge on any atom is 0.306 e. The molecule has 4 aliphatic rings. The van der Waals surface area contributed by atoms with Crippen molar-refractivity contribution in [2.75, 3.05) is 7.11 Å². The van der Waals surface area contributed by atoms with E-state index in [0.717, 1.165) is 56.8 Å². The first-order chi connectivity index (χ1) is 17.8. The molecular formula is C32H43NO4. The van der Waals surface area contributed by atoms with Crippen molar-refractivity contribution in [3.05, 3.63) is 47.8 Å². The molecule has 1 aromatic heterocycles. The van der Waals surface area contributed by atoms with Gasteiger partial charge in [0.15, 0.2) is 0 Å². The second-order valence-electron chi connectivity index (χ2n) is 12.3. The van der Waals surface area contributed by atoms with Crippen LogP contribution in [0.3, 0.4) is 0 Å². The van der Waals surface area contributed by atoms with E-state index in [1.54, 1.807) is 0 Å². The Kier molecular flexibility index (Phi) is 7.60. The van der Waals surface area contributed by atoms with Crippen LogP contribution < -0.4 is 0 Å². The van der Waals surface area contributed by atoms with Gasteiger partial charge in [-0.25, -0.2) is 0 Å². The number of methoxy groups -OCH3 is 1. The molecule has 0 saturated heterocycles. The highest BCUT2D eigenvalue weighted by atomic mass is 16.5. The Bertz CT molecular complexity index is 1060. The van der Waals surface area contributed by atoms with E-state index in [-0.39, 0.29) is 28.9 Å². The van der Waals surface area contributed by atoms with Crippen LogP contribution in [0.2, 0.25) is 0 Å². The predicted octanol–water partition coefficient (Wildman–Crippen LogP) is 7.07. The number of hydrogen-bond donors (Lipinski definition) is 0. The van der Waals surface area contributed by atoms with E-state index in [0.29, 0.717) is 18.8 Å². The first-order valence-corrected chi connectivity index (χ1v) is 14.4. The number of carbonyl (C=O) groups excluding carboxylic acids is 2. The Hall–Kier alpha value is -2.43. The molecule has 0 N–H and O–H groups in total. The number of unbranched alkanes of at least 4 members (excludes halogenated alkanes) is 2. The van der Waals surface area contributed by atoms with E-state index < -0.39 is 0 Å². The van der Waals surface area contributed by atoms with Crippen molar-refractivity contribution >= 4 is 17.5 Å². The summed E-state index contributed by atoms with van der Waals surface area (Å²) in [7, 11) is 1.41. The monoisotopic (exact) mass is 505 g/mol. The molecule has 200 valence electrons. The van der Waals surface area contributed by atoms with Crippen molar-refractivity contribution in [3.8, 4) is 0 Å². The summed E-state index contributed by atoms with van der Waals surface area (Å²) in [4.78, 5) is 28.1. The van der Waals surface area contributed by atoms with Gasteiger partial charge in [0.05, 0.1) is 7.11 Å². The van der Waals surface area contributed by atoms with Gasteiger partial charge >= 0.3 is 11.9 Å². The van der Waals surface area contributed by atoms with E-state index in [2.05, 4.69) is 47.9 Å². The second kappa shape index (κ2) is 10.7. The van der Waals surface area contributed by atoms with Crippen LogP contribution in [0, 0.1) is 28.6 Å². The second-order valence-corrected chi connectivity index (χ2v) is 12.3. The maximum atomic E-state index is 12.5. The first kappa shape index (κ1) is 26.2. The predicted molar refractivity (Wildman–Crippen MR) is 144 cm³/mol. The van der Waals surface area contributed by atoms with Gasteiger partial charge in [-0.3, -0.25) is 14.6 Å². The van der Waals surface area contributed by atoms with E-state index in [1.165, 1.54) is 43.1 Å². The third kappa shape index (κ3) is 5.03. The van der Waals surface area contributed by atoms with Crippen LogP contribution in [0.5, 0.6) is 0 Å². The Balaban J connectivity index is 1.18. The van der Waals surface area contributed by atoms with E-state index in [1.807, 2.05) is 12.4 Å². The normalized spacial score (nSPS) is 34.4. The highest BCUT2D eigenvalue weighted by molar-refractivity contribution is 5.72. The minimum Gasteiger partial charge on any atom is -0.469 e. The van der Waals surface area contributed by atoms with Crippen LogP contribution in [-0.4, -0.2) is 30.1 Å². The van der Waals surface area contributed by atoms with Gasteiger partial charge in [-0.05, 0) is 97.2 Å². The van der Waals surface area contributed by atoms with Crippen molar-refractivity contribution < 1.29 is 19.1 Å². The number of ether oxygens (including phenoxy) is 2. The molecule has 2 saturated carbocycles. The molecule has 0 radical (unpaired) electrons. The summed E-state index contributed by atoms with van der Waals surface area (Å²) in [5.74, 6) is 1.87. The molecule has 1 heterocycles. The van der Waals surface area contributed by atoms with Gasteiger partial charge in [0.2, 0.25) is 0 Å². The van der Waals surface area contributed by atoms with Crippen LogP contribution in [0.15, 0.2) is 42.3 Å². The topological polar surface area (TPSA) is 65.5 Å². The van der Waals surface area contributed by atoms with Crippen molar-refractivity contribution in [2.24, 2.45) is 28.6 Å². The summed E-state index contributed by atoms with van der Waals surface area (Å²) in [6.45, 7) is 5.01. The summed E-state index contributed by atoms with van der Waals surface area (Å²) < 4.78 is 10.6. The number of pyridine rings is 1. The van der Waals surface area contributed by atoms with Gasteiger partial charge in [-0.1, -0.05) is 44.1 Å². The SMILES string of the molecule is COC(=O)CCCCCC(=O)O[C@H]1CC[C@@]2(C)C(=CCC3C2CC[C@]2(C)C(c4cccnc4)=CCC32)C1. The van der Waals surface area contributed by atoms with E-state index >= 15 is 0 Å². The molecule has 0 aliphatic heterocycles. The summed E-state index contributed by atoms with van der Waals surface area (Å²) >= 11 is 0. The fourth-order valence-corrected chi connectivity index (χ4v) is 8.33. The zero-order valence-corrected chi connectivity index (χ0v) is 22.8. The summed E-state index contributed by atoms with van der Waals surface area (Å²) in [5.41, 5.74) is 4.84. The molecule has 5 rings (SSSR count). The lowest BCUT2D eigenvalue weighted by Gasteiger charge is -2.57. The van der Waals surface area contributed by atoms with Gasteiger partial charge in [0, 0.05) is 31.7 Å². The van der Waals surface area contributed by atoms with Gasteiger partial charge in [0.25, 0.3) is 0 Å². The third-order valence-electron chi connectivity index (χ3n) is 10.4. The number of hydrogen-bond acceptors (Lipinski definition) is 5. The molecule has 4 aliphatic carbocycles. The largest absolute Gasteiger partial charge is 0.469 e. The zero-order valence-electron chi connectivity index (χ0n) is 22.8. The molecule has 0 amide bonds. The van der Waals surface area contributed by atoms with Crippen molar-refractivity contribution in [2.45, 2.75) is 97.0 Å². The number of rotatable bonds is 8. The minimum atomic E-state index is -0.184. The molecule has 6 atom stereocenters. The van der Waals surface area contributed by atoms with Gasteiger partial charge in [0.1, 0.15) is 6.10 Å². The summed E-state index contributed by atoms with van der Waals surface area (Å²) in [6, 6.07) is 4.29. The lowest BCUT2D eigenvalue weighted by molar-refractivity contribution is -0.151. The molecule has 3 unspecified atom stereocenters. The molecule has 2 fully saturated rings. The number of nitrogens with zero attached hydrogens (tertiary/aromatic N) is 1. The van der Waals surface area contributed by atoms with E-state index in [9.17, 15) is 9.59 Å². The van der Waals surface area contributed by atoms with Crippen LogP contribution in [0.1, 0.15) is 96.5 Å². The first-order valence-electron chi connectivity index (χ1n) is 14.4. The number of fused-ring (bicyclic) bond motifs is 5. The smallest absolute Gasteiger partial charge is 0.306 e. The minimum absolute atomic E-state index is 0.0117. The number of allylic oxidation sites excluding steroid dienone is 3.